The molecule has 67 heavy (non-hydrogen) atoms. The number of rotatable bonds is 24. The van der Waals surface area contributed by atoms with E-state index in [1.165, 1.54) is 88.8 Å². The van der Waals surface area contributed by atoms with E-state index in [-0.39, 0.29) is 5.75 Å². The number of amides is 2. The van der Waals surface area contributed by atoms with Crippen molar-refractivity contribution >= 4 is 26.0 Å². The Hall–Kier alpha value is -4.79. The normalized spacial score (nSPS) is 15.0. The van der Waals surface area contributed by atoms with Gasteiger partial charge in [-0.15, -0.1) is 0 Å². The third-order valence-corrected chi connectivity index (χ3v) is 16.1. The average Bonchev–Trinajstić information content (AvgIpc) is 3.23. The highest BCUT2D eigenvalue weighted by Gasteiger charge is 2.95. The van der Waals surface area contributed by atoms with Crippen molar-refractivity contribution in [2.75, 3.05) is 25.6 Å². The van der Waals surface area contributed by atoms with Crippen molar-refractivity contribution in [3.63, 3.8) is 0 Å². The van der Waals surface area contributed by atoms with E-state index in [2.05, 4.69) is 5.32 Å². The van der Waals surface area contributed by atoms with E-state index < -0.39 is 117 Å². The maximum Gasteiger partial charge on any atom is 0.460 e. The fraction of sp³-hybridized carbons (Fsp3) is 0.550. The first kappa shape index (κ1) is 58.3. The van der Waals surface area contributed by atoms with Crippen LogP contribution in [0.4, 0.5) is 85.1 Å². The second-order valence-corrected chi connectivity index (χ2v) is 20.4. The molecule has 0 aliphatic carbocycles. The quantitative estimate of drug-likeness (QED) is 0.0182. The van der Waals surface area contributed by atoms with Crippen LogP contribution in [0.25, 0.3) is 0 Å². The predicted octanol–water partition coefficient (Wildman–Crippen LogP) is 12.8. The lowest BCUT2D eigenvalue weighted by Crippen LogP contribution is -2.74. The molecule has 0 aliphatic rings. The summed E-state index contributed by atoms with van der Waals surface area (Å²) in [6, 6.07) is 10.5. The van der Waals surface area contributed by atoms with Crippen LogP contribution in [0.5, 0.6) is 11.5 Å². The first-order chi connectivity index (χ1) is 30.5. The lowest BCUT2D eigenvalue weighted by atomic mass is 9.88. The molecule has 0 bridgehead atoms. The Labute approximate surface area is 372 Å². The van der Waals surface area contributed by atoms with Gasteiger partial charge in [0, 0.05) is 24.1 Å². The van der Waals surface area contributed by atoms with E-state index in [0.717, 1.165) is 6.08 Å². The number of carbonyl (C=O) groups excluding carboxylic acids is 2. The summed E-state index contributed by atoms with van der Waals surface area (Å²) in [5.74, 6) is -57.7. The van der Waals surface area contributed by atoms with Gasteiger partial charge in [0.05, 0.1) is 13.7 Å². The Morgan fingerprint density at radius 1 is 0.657 bits per heavy atom. The van der Waals surface area contributed by atoms with Gasteiger partial charge in [-0.25, -0.2) is 10.3 Å². The minimum Gasteiger partial charge on any atom is -0.497 e. The smallest absolute Gasteiger partial charge is 0.460 e. The number of ether oxygens (including phenoxy) is 3. The molecule has 0 unspecified atom stereocenters. The molecular formula is C40H45F17N2O7Si. The van der Waals surface area contributed by atoms with Crippen molar-refractivity contribution in [1.29, 1.82) is 0 Å². The van der Waals surface area contributed by atoms with Gasteiger partial charge in [0.25, 0.3) is 5.91 Å². The standard InChI is InChI=1S/C40H45F17N2O7Si/c1-23(2)67(24(3)4,22-19-33(41,42)34(43,44)35(45,46)36(47,48)37(49,50)38(51,52)39(53,54)40(55,56)57)65-21-20-64-29-15-11-26(12-16-29)31(25(5)9-7-8-10-30(60)59-62)66-32(61)58-27-13-17-28(63-6)18-14-27/h7-18,23-25,31,62H,19-22H2,1-6H3,(H,58,61)(H,59,60)/b9-7+,10-8+/t25-,31+/m1/s1. The highest BCUT2D eigenvalue weighted by Crippen LogP contribution is 2.64. The van der Waals surface area contributed by atoms with Crippen LogP contribution in [0.1, 0.15) is 52.7 Å². The van der Waals surface area contributed by atoms with Crippen LogP contribution < -0.4 is 20.3 Å². The van der Waals surface area contributed by atoms with Crippen molar-refractivity contribution in [3.8, 4) is 11.5 Å². The highest BCUT2D eigenvalue weighted by atomic mass is 28.4. The predicted molar refractivity (Wildman–Crippen MR) is 207 cm³/mol. The van der Waals surface area contributed by atoms with E-state index in [1.807, 2.05) is 0 Å². The van der Waals surface area contributed by atoms with Crippen molar-refractivity contribution in [3.05, 3.63) is 78.4 Å². The first-order valence-electron chi connectivity index (χ1n) is 19.4. The topological polar surface area (TPSA) is 115 Å². The van der Waals surface area contributed by atoms with Crippen LogP contribution in [0, 0.1) is 5.92 Å². The number of nitrogens with one attached hydrogen (secondary N) is 2. The van der Waals surface area contributed by atoms with Gasteiger partial charge in [-0.1, -0.05) is 65.0 Å². The first-order valence-corrected chi connectivity index (χ1v) is 21.7. The molecule has 0 saturated carbocycles. The molecule has 2 aromatic carbocycles. The summed E-state index contributed by atoms with van der Waals surface area (Å²) >= 11 is 0. The molecule has 9 nitrogen and oxygen atoms in total. The summed E-state index contributed by atoms with van der Waals surface area (Å²) in [7, 11) is -2.59. The number of carbonyl (C=O) groups is 2. The number of hydrogen-bond donors (Lipinski definition) is 3. The van der Waals surface area contributed by atoms with Gasteiger partial charge in [-0.3, -0.25) is 15.3 Å². The molecule has 0 spiro atoms. The van der Waals surface area contributed by atoms with Crippen LogP contribution in [-0.2, 0) is 14.0 Å². The zero-order chi connectivity index (χ0) is 51.8. The average molecular weight is 1020 g/mol. The monoisotopic (exact) mass is 1020 g/mol. The van der Waals surface area contributed by atoms with Crippen LogP contribution in [-0.4, -0.2) is 93.5 Å². The van der Waals surface area contributed by atoms with Crippen molar-refractivity contribution in [2.45, 2.75) is 112 Å². The zero-order valence-corrected chi connectivity index (χ0v) is 36.9. The summed E-state index contributed by atoms with van der Waals surface area (Å²) in [5, 5.41) is 11.2. The Morgan fingerprint density at radius 2 is 1.13 bits per heavy atom. The minimum atomic E-state index is -8.71. The van der Waals surface area contributed by atoms with Gasteiger partial charge in [0.1, 0.15) is 24.2 Å². The van der Waals surface area contributed by atoms with Crippen molar-refractivity contribution in [1.82, 2.24) is 5.48 Å². The second-order valence-electron chi connectivity index (χ2n) is 15.4. The summed E-state index contributed by atoms with van der Waals surface area (Å²) in [6.45, 7) is 5.89. The molecule has 0 saturated heterocycles. The minimum absolute atomic E-state index is 0.0981. The van der Waals surface area contributed by atoms with E-state index in [0.29, 0.717) is 17.0 Å². The SMILES string of the molecule is COc1ccc(NC(=O)O[C@H](c2ccc(OCCO[Si](CCC(F)(F)C(F)(F)C(F)(F)C(F)(F)C(F)(F)C(F)(F)C(F)(F)C(F)(F)F)(C(C)C)C(C)C)cc2)[C@H](C)/C=C/C=C/C(=O)NO)cc1. The number of halogens is 17. The Morgan fingerprint density at radius 3 is 1.60 bits per heavy atom. The van der Waals surface area contributed by atoms with Gasteiger partial charge in [-0.2, -0.15) is 74.6 Å². The largest absolute Gasteiger partial charge is 0.497 e. The molecule has 0 heterocycles. The fourth-order valence-electron chi connectivity index (χ4n) is 6.44. The summed E-state index contributed by atoms with van der Waals surface area (Å²) in [5.41, 5.74) is 0.322. The lowest BCUT2D eigenvalue weighted by Gasteiger charge is -2.44. The summed E-state index contributed by atoms with van der Waals surface area (Å²) in [6.07, 6.45) is -7.07. The Balaban J connectivity index is 2.30. The van der Waals surface area contributed by atoms with Gasteiger partial charge in [-0.05, 0) is 59.1 Å². The molecule has 380 valence electrons. The molecule has 0 aliphatic heterocycles. The van der Waals surface area contributed by atoms with Gasteiger partial charge < -0.3 is 18.6 Å². The zero-order valence-electron chi connectivity index (χ0n) is 35.9. The number of alkyl halides is 17. The van der Waals surface area contributed by atoms with Crippen LogP contribution in [0.3, 0.4) is 0 Å². The van der Waals surface area contributed by atoms with Crippen LogP contribution >= 0.6 is 0 Å². The summed E-state index contributed by atoms with van der Waals surface area (Å²) in [4.78, 5) is 24.2. The van der Waals surface area contributed by atoms with Crippen LogP contribution in [0.2, 0.25) is 17.1 Å². The number of allylic oxidation sites excluding steroid dienone is 2. The molecule has 2 rings (SSSR count). The third kappa shape index (κ3) is 12.3. The molecule has 2 aromatic rings. The lowest BCUT2D eigenvalue weighted by molar-refractivity contribution is -0.461. The fourth-order valence-corrected chi connectivity index (χ4v) is 10.9. The number of hydroxylamine groups is 1. The number of hydrogen-bond acceptors (Lipinski definition) is 7. The number of benzene rings is 2. The molecule has 2 atom stereocenters. The third-order valence-electron chi connectivity index (χ3n) is 10.4. The number of methoxy groups -OCH3 is 1. The van der Waals surface area contributed by atoms with Crippen LogP contribution in [0.15, 0.2) is 72.8 Å². The van der Waals surface area contributed by atoms with Gasteiger partial charge in [0.2, 0.25) is 0 Å². The Kier molecular flexibility index (Phi) is 18.9. The van der Waals surface area contributed by atoms with E-state index >= 15 is 8.78 Å². The highest BCUT2D eigenvalue weighted by molar-refractivity contribution is 6.76. The van der Waals surface area contributed by atoms with Gasteiger partial charge >= 0.3 is 53.7 Å². The second kappa shape index (κ2) is 21.7. The van der Waals surface area contributed by atoms with Crippen molar-refractivity contribution in [2.24, 2.45) is 5.92 Å². The van der Waals surface area contributed by atoms with E-state index in [4.69, 9.17) is 23.8 Å². The van der Waals surface area contributed by atoms with E-state index in [9.17, 15) is 75.4 Å². The maximum atomic E-state index is 15.0. The molecule has 0 aromatic heterocycles. The summed E-state index contributed by atoms with van der Waals surface area (Å²) < 4.78 is 258. The molecule has 0 radical (unpaired) electrons. The number of anilines is 1. The molecule has 3 N–H and O–H groups in total. The van der Waals surface area contributed by atoms with E-state index in [1.54, 1.807) is 25.1 Å². The van der Waals surface area contributed by atoms with Crippen molar-refractivity contribution < 1.29 is 108 Å². The Bertz CT molecular complexity index is 1990. The maximum absolute atomic E-state index is 15.0. The van der Waals surface area contributed by atoms with Gasteiger partial charge in [0.15, 0.2) is 8.32 Å². The molecule has 27 heteroatoms. The molecule has 2 amide bonds. The molecular weight excluding hydrogens is 971 g/mol. The molecule has 0 fully saturated rings.